The lowest BCUT2D eigenvalue weighted by molar-refractivity contribution is -0.335. The second-order valence-corrected chi connectivity index (χ2v) is 14.8. The number of aliphatic hydroxyl groups is 5. The van der Waals surface area contributed by atoms with Gasteiger partial charge < -0.3 is 40.3 Å². The van der Waals surface area contributed by atoms with Gasteiger partial charge in [-0.05, 0) is 48.6 Å². The van der Waals surface area contributed by atoms with Gasteiger partial charge in [-0.1, -0.05) is 69.3 Å². The number of ether oxygens (including phenoxy) is 2. The van der Waals surface area contributed by atoms with E-state index in [1.807, 2.05) is 0 Å². The molecule has 4 aliphatic rings. The molecule has 6 N–H and O–H groups in total. The van der Waals surface area contributed by atoms with Crippen LogP contribution in [0, 0.1) is 22.7 Å². The average Bonchev–Trinajstić information content (AvgIpc) is 3.06. The Bertz CT molecular complexity index is 1630. The van der Waals surface area contributed by atoms with E-state index in [9.17, 15) is 39.9 Å². The SMILES string of the molecule is CC1=C2C(O)C(=O)C3(C)C(O)CC4OCC4(O)C3C(C)C(O)(CC1OC(=O)C(O)C(NC(=O)c1ccccc1)c1ccccc1)C2(C)C. The van der Waals surface area contributed by atoms with Crippen molar-refractivity contribution in [3.63, 3.8) is 0 Å². The Labute approximate surface area is 279 Å². The number of nitrogens with one attached hydrogen (secondary N) is 1. The second-order valence-electron chi connectivity index (χ2n) is 14.8. The number of benzene rings is 2. The minimum absolute atomic E-state index is 0.00392. The predicted molar refractivity (Wildman–Crippen MR) is 172 cm³/mol. The molecule has 2 saturated carbocycles. The van der Waals surface area contributed by atoms with Crippen molar-refractivity contribution in [3.05, 3.63) is 82.9 Å². The monoisotopic (exact) mass is 663 g/mol. The summed E-state index contributed by atoms with van der Waals surface area (Å²) in [6.45, 7) is 8.16. The summed E-state index contributed by atoms with van der Waals surface area (Å²) in [6, 6.07) is 15.6. The van der Waals surface area contributed by atoms with Crippen molar-refractivity contribution in [1.82, 2.24) is 5.32 Å². The van der Waals surface area contributed by atoms with Crippen molar-refractivity contribution in [2.45, 2.75) is 95.2 Å². The lowest BCUT2D eigenvalue weighted by atomic mass is 9.43. The number of amides is 1. The molecule has 2 aromatic rings. The molecule has 0 radical (unpaired) electrons. The molecular weight excluding hydrogens is 618 g/mol. The van der Waals surface area contributed by atoms with Gasteiger partial charge >= 0.3 is 5.97 Å². The van der Waals surface area contributed by atoms with E-state index in [0.717, 1.165) is 0 Å². The van der Waals surface area contributed by atoms with Gasteiger partial charge in [0.05, 0.1) is 35.9 Å². The van der Waals surface area contributed by atoms with E-state index < -0.39 is 88.1 Å². The maximum atomic E-state index is 14.3. The van der Waals surface area contributed by atoms with Crippen LogP contribution in [0.15, 0.2) is 71.8 Å². The van der Waals surface area contributed by atoms with Gasteiger partial charge in [-0.2, -0.15) is 0 Å². The predicted octanol–water partition coefficient (Wildman–Crippen LogP) is 2.00. The molecule has 11 heteroatoms. The van der Waals surface area contributed by atoms with Crippen LogP contribution in [0.1, 0.15) is 69.4 Å². The van der Waals surface area contributed by atoms with Crippen molar-refractivity contribution < 1.29 is 49.4 Å². The minimum atomic E-state index is -1.87. The van der Waals surface area contributed by atoms with Crippen molar-refractivity contribution in [1.29, 1.82) is 0 Å². The van der Waals surface area contributed by atoms with Crippen LogP contribution in [0.5, 0.6) is 0 Å². The summed E-state index contributed by atoms with van der Waals surface area (Å²) < 4.78 is 11.5. The van der Waals surface area contributed by atoms with Crippen LogP contribution in [0.3, 0.4) is 0 Å². The molecule has 11 nitrogen and oxygen atoms in total. The fourth-order valence-electron chi connectivity index (χ4n) is 9.28. The van der Waals surface area contributed by atoms with Gasteiger partial charge in [0, 0.05) is 29.7 Å². The molecule has 2 bridgehead atoms. The summed E-state index contributed by atoms with van der Waals surface area (Å²) in [7, 11) is 0. The van der Waals surface area contributed by atoms with Gasteiger partial charge in [-0.3, -0.25) is 9.59 Å². The highest BCUT2D eigenvalue weighted by atomic mass is 16.6. The molecule has 48 heavy (non-hydrogen) atoms. The Morgan fingerprint density at radius 3 is 2.19 bits per heavy atom. The van der Waals surface area contributed by atoms with E-state index in [2.05, 4.69) is 5.32 Å². The van der Waals surface area contributed by atoms with Crippen LogP contribution in [0.25, 0.3) is 0 Å². The standard InChI is InChI=1S/C37H45NO10/c1-19-23(48-33(44)29(41)27(21-12-8-6-9-13-21)38-32(43)22-14-10-7-11-15-22)17-37(46)20(2)30-35(5,24(39)16-25-36(30,45)18-47-25)31(42)28(40)26(19)34(37,3)4/h6-15,20,23-25,27-30,39-41,45-46H,16-18H2,1-5H3,(H,38,43). The molecule has 11 atom stereocenters. The van der Waals surface area contributed by atoms with Gasteiger partial charge in [0.2, 0.25) is 0 Å². The lowest BCUT2D eigenvalue weighted by Crippen LogP contribution is -2.78. The largest absolute Gasteiger partial charge is 0.456 e. The maximum absolute atomic E-state index is 14.3. The van der Waals surface area contributed by atoms with Gasteiger partial charge in [0.1, 0.15) is 17.8 Å². The molecule has 6 rings (SSSR count). The first-order valence-corrected chi connectivity index (χ1v) is 16.5. The first kappa shape index (κ1) is 34.4. The zero-order valence-electron chi connectivity index (χ0n) is 27.8. The minimum Gasteiger partial charge on any atom is -0.456 e. The molecule has 1 heterocycles. The topological polar surface area (TPSA) is 183 Å². The Morgan fingerprint density at radius 1 is 1.00 bits per heavy atom. The zero-order valence-corrected chi connectivity index (χ0v) is 27.8. The summed E-state index contributed by atoms with van der Waals surface area (Å²) in [4.78, 5) is 41.2. The molecule has 0 spiro atoms. The number of esters is 1. The molecule has 11 unspecified atom stereocenters. The number of carbonyl (C=O) groups excluding carboxylic acids is 3. The summed E-state index contributed by atoms with van der Waals surface area (Å²) in [6.07, 6.45) is -7.06. The molecule has 3 aliphatic carbocycles. The van der Waals surface area contributed by atoms with E-state index in [1.165, 1.54) is 6.92 Å². The Kier molecular flexibility index (Phi) is 8.50. The number of aliphatic hydroxyl groups excluding tert-OH is 3. The van der Waals surface area contributed by atoms with Crippen LogP contribution in [0.4, 0.5) is 0 Å². The number of hydrogen-bond donors (Lipinski definition) is 6. The number of Topliss-reactive ketones (excluding diaryl/α,β-unsaturated/α-hetero) is 1. The van der Waals surface area contributed by atoms with Crippen molar-refractivity contribution in [2.75, 3.05) is 6.61 Å². The third-order valence-corrected chi connectivity index (χ3v) is 12.2. The van der Waals surface area contributed by atoms with Crippen LogP contribution >= 0.6 is 0 Å². The third kappa shape index (κ3) is 4.89. The summed E-state index contributed by atoms with van der Waals surface area (Å²) in [5, 5.41) is 62.0. The van der Waals surface area contributed by atoms with Gasteiger partial charge in [-0.25, -0.2) is 4.79 Å². The first-order valence-electron chi connectivity index (χ1n) is 16.5. The maximum Gasteiger partial charge on any atom is 0.338 e. The Hall–Kier alpha value is -3.45. The zero-order chi connectivity index (χ0) is 35.0. The number of hydrogen-bond acceptors (Lipinski definition) is 10. The Balaban J connectivity index is 1.37. The molecule has 0 aromatic heterocycles. The molecular formula is C37H45NO10. The van der Waals surface area contributed by atoms with E-state index in [4.69, 9.17) is 9.47 Å². The van der Waals surface area contributed by atoms with Gasteiger partial charge in [-0.15, -0.1) is 0 Å². The van der Waals surface area contributed by atoms with E-state index in [-0.39, 0.29) is 25.0 Å². The molecule has 1 saturated heterocycles. The normalized spacial score (nSPS) is 38.2. The van der Waals surface area contributed by atoms with Gasteiger partial charge in [0.25, 0.3) is 5.91 Å². The first-order chi connectivity index (χ1) is 22.5. The van der Waals surface area contributed by atoms with Crippen molar-refractivity contribution >= 4 is 17.7 Å². The molecule has 1 aliphatic heterocycles. The highest BCUT2D eigenvalue weighted by Gasteiger charge is 2.74. The molecule has 1 amide bonds. The lowest BCUT2D eigenvalue weighted by Gasteiger charge is -2.67. The van der Waals surface area contributed by atoms with Crippen molar-refractivity contribution in [3.8, 4) is 0 Å². The highest BCUT2D eigenvalue weighted by Crippen LogP contribution is 2.64. The van der Waals surface area contributed by atoms with Crippen LogP contribution in [-0.2, 0) is 19.1 Å². The summed E-state index contributed by atoms with van der Waals surface area (Å²) in [5.41, 5.74) is -4.94. The third-order valence-electron chi connectivity index (χ3n) is 12.2. The van der Waals surface area contributed by atoms with Gasteiger partial charge in [0.15, 0.2) is 11.9 Å². The summed E-state index contributed by atoms with van der Waals surface area (Å²) >= 11 is 0. The Morgan fingerprint density at radius 2 is 1.60 bits per heavy atom. The van der Waals surface area contributed by atoms with Crippen LogP contribution in [-0.4, -0.2) is 91.5 Å². The quantitative estimate of drug-likeness (QED) is 0.198. The molecule has 3 fully saturated rings. The van der Waals surface area contributed by atoms with E-state index in [1.54, 1.807) is 88.4 Å². The molecule has 258 valence electrons. The van der Waals surface area contributed by atoms with E-state index in [0.29, 0.717) is 16.7 Å². The second kappa shape index (κ2) is 11.9. The summed E-state index contributed by atoms with van der Waals surface area (Å²) in [5.74, 6) is -4.18. The number of rotatable bonds is 6. The average molecular weight is 664 g/mol. The number of ketones is 1. The smallest absolute Gasteiger partial charge is 0.338 e. The van der Waals surface area contributed by atoms with Crippen LogP contribution in [0.2, 0.25) is 0 Å². The van der Waals surface area contributed by atoms with Crippen molar-refractivity contribution in [2.24, 2.45) is 22.7 Å². The molecule has 2 aromatic carbocycles. The fraction of sp³-hybridized carbons (Fsp3) is 0.541. The van der Waals surface area contributed by atoms with E-state index >= 15 is 0 Å². The fourth-order valence-corrected chi connectivity index (χ4v) is 9.28. The number of carbonyl (C=O) groups is 3. The highest BCUT2D eigenvalue weighted by molar-refractivity contribution is 5.95. The number of fused-ring (bicyclic) bond motifs is 5. The van der Waals surface area contributed by atoms with Crippen LogP contribution < -0.4 is 5.32 Å².